The zero-order valence-electron chi connectivity index (χ0n) is 12.5. The first kappa shape index (κ1) is 15.5. The highest BCUT2D eigenvalue weighted by Crippen LogP contribution is 2.43. The quantitative estimate of drug-likeness (QED) is 0.682. The molecule has 0 aromatic carbocycles. The standard InChI is InChI=1S/C15H28O3/c1-6-14(16)17-10-11(2)18-12(3)13-7-8-15(4,5)9-13/h11-13H,6-10H2,1-5H3. The topological polar surface area (TPSA) is 35.5 Å². The van der Waals surface area contributed by atoms with E-state index in [-0.39, 0.29) is 18.2 Å². The molecule has 1 aliphatic carbocycles. The minimum absolute atomic E-state index is 0.0146. The highest BCUT2D eigenvalue weighted by Gasteiger charge is 2.34. The van der Waals surface area contributed by atoms with E-state index >= 15 is 0 Å². The van der Waals surface area contributed by atoms with Gasteiger partial charge >= 0.3 is 5.97 Å². The third-order valence-electron chi connectivity index (χ3n) is 3.89. The summed E-state index contributed by atoms with van der Waals surface area (Å²) in [6, 6.07) is 0. The molecule has 3 heteroatoms. The maximum absolute atomic E-state index is 11.1. The molecule has 1 rings (SSSR count). The van der Waals surface area contributed by atoms with Crippen molar-refractivity contribution in [3.8, 4) is 0 Å². The summed E-state index contributed by atoms with van der Waals surface area (Å²) >= 11 is 0. The van der Waals surface area contributed by atoms with Crippen molar-refractivity contribution in [2.24, 2.45) is 11.3 Å². The van der Waals surface area contributed by atoms with Gasteiger partial charge < -0.3 is 9.47 Å². The first-order valence-corrected chi connectivity index (χ1v) is 7.15. The predicted octanol–water partition coefficient (Wildman–Crippen LogP) is 3.56. The minimum Gasteiger partial charge on any atom is -0.463 e. The van der Waals surface area contributed by atoms with Crippen molar-refractivity contribution in [2.75, 3.05) is 6.61 Å². The Morgan fingerprint density at radius 1 is 1.39 bits per heavy atom. The number of ether oxygens (including phenoxy) is 2. The Hall–Kier alpha value is -0.570. The average molecular weight is 256 g/mol. The van der Waals surface area contributed by atoms with Crippen molar-refractivity contribution in [1.29, 1.82) is 0 Å². The Balaban J connectivity index is 2.27. The van der Waals surface area contributed by atoms with E-state index in [1.54, 1.807) is 6.92 Å². The normalized spacial score (nSPS) is 25.7. The predicted molar refractivity (Wildman–Crippen MR) is 72.4 cm³/mol. The highest BCUT2D eigenvalue weighted by molar-refractivity contribution is 5.68. The maximum Gasteiger partial charge on any atom is 0.305 e. The van der Waals surface area contributed by atoms with Crippen LogP contribution < -0.4 is 0 Å². The molecule has 1 aliphatic rings. The fourth-order valence-electron chi connectivity index (χ4n) is 2.72. The van der Waals surface area contributed by atoms with E-state index < -0.39 is 0 Å². The van der Waals surface area contributed by atoms with E-state index in [0.717, 1.165) is 0 Å². The SMILES string of the molecule is CCC(=O)OCC(C)OC(C)C1CCC(C)(C)C1. The van der Waals surface area contributed by atoms with Crippen LogP contribution in [0.15, 0.2) is 0 Å². The third-order valence-corrected chi connectivity index (χ3v) is 3.89. The molecule has 3 atom stereocenters. The average Bonchev–Trinajstić information content (AvgIpc) is 2.66. The first-order valence-electron chi connectivity index (χ1n) is 7.15. The number of rotatable bonds is 6. The number of hydrogen-bond donors (Lipinski definition) is 0. The molecule has 0 aromatic rings. The third kappa shape index (κ3) is 4.97. The van der Waals surface area contributed by atoms with Crippen molar-refractivity contribution in [1.82, 2.24) is 0 Å². The van der Waals surface area contributed by atoms with Crippen LogP contribution in [-0.2, 0) is 14.3 Å². The van der Waals surface area contributed by atoms with Crippen molar-refractivity contribution in [3.05, 3.63) is 0 Å². The molecular formula is C15H28O3. The summed E-state index contributed by atoms with van der Waals surface area (Å²) in [6.45, 7) is 10.9. The van der Waals surface area contributed by atoms with Crippen LogP contribution in [-0.4, -0.2) is 24.8 Å². The molecule has 0 N–H and O–H groups in total. The van der Waals surface area contributed by atoms with Gasteiger partial charge in [0.05, 0.1) is 12.2 Å². The smallest absolute Gasteiger partial charge is 0.305 e. The van der Waals surface area contributed by atoms with Crippen LogP contribution in [0.2, 0.25) is 0 Å². The van der Waals surface area contributed by atoms with Gasteiger partial charge in [0.1, 0.15) is 6.61 Å². The molecule has 106 valence electrons. The summed E-state index contributed by atoms with van der Waals surface area (Å²) in [6.07, 6.45) is 4.43. The fraction of sp³-hybridized carbons (Fsp3) is 0.933. The molecule has 1 fully saturated rings. The molecule has 3 unspecified atom stereocenters. The maximum atomic E-state index is 11.1. The van der Waals surface area contributed by atoms with Gasteiger partial charge in [0.15, 0.2) is 0 Å². The summed E-state index contributed by atoms with van der Waals surface area (Å²) in [4.78, 5) is 11.1. The van der Waals surface area contributed by atoms with Gasteiger partial charge in [0.25, 0.3) is 0 Å². The molecule has 0 saturated heterocycles. The first-order chi connectivity index (χ1) is 8.34. The lowest BCUT2D eigenvalue weighted by Crippen LogP contribution is -2.28. The Morgan fingerprint density at radius 2 is 2.06 bits per heavy atom. The highest BCUT2D eigenvalue weighted by atomic mass is 16.6. The van der Waals surface area contributed by atoms with Crippen LogP contribution in [0.3, 0.4) is 0 Å². The molecule has 1 saturated carbocycles. The van der Waals surface area contributed by atoms with E-state index in [0.29, 0.717) is 24.4 Å². The number of hydrogen-bond acceptors (Lipinski definition) is 3. The van der Waals surface area contributed by atoms with Crippen LogP contribution in [0.25, 0.3) is 0 Å². The van der Waals surface area contributed by atoms with Gasteiger partial charge in [-0.05, 0) is 44.4 Å². The molecule has 3 nitrogen and oxygen atoms in total. The van der Waals surface area contributed by atoms with Crippen LogP contribution in [0.4, 0.5) is 0 Å². The Bertz CT molecular complexity index is 273. The number of carbonyl (C=O) groups excluding carboxylic acids is 1. The van der Waals surface area contributed by atoms with Gasteiger partial charge in [0.2, 0.25) is 0 Å². The molecular weight excluding hydrogens is 228 g/mol. The lowest BCUT2D eigenvalue weighted by molar-refractivity contribution is -0.149. The molecule has 0 spiro atoms. The van der Waals surface area contributed by atoms with Gasteiger partial charge in [-0.1, -0.05) is 20.8 Å². The zero-order chi connectivity index (χ0) is 13.8. The van der Waals surface area contributed by atoms with Crippen LogP contribution in [0.1, 0.15) is 60.3 Å². The lowest BCUT2D eigenvalue weighted by Gasteiger charge is -2.25. The zero-order valence-corrected chi connectivity index (χ0v) is 12.5. The van der Waals surface area contributed by atoms with Gasteiger partial charge in [0, 0.05) is 6.42 Å². The van der Waals surface area contributed by atoms with Crippen LogP contribution >= 0.6 is 0 Å². The number of esters is 1. The van der Waals surface area contributed by atoms with Crippen LogP contribution in [0, 0.1) is 11.3 Å². The Morgan fingerprint density at radius 3 is 2.56 bits per heavy atom. The van der Waals surface area contributed by atoms with Crippen LogP contribution in [0.5, 0.6) is 0 Å². The van der Waals surface area contributed by atoms with E-state index in [4.69, 9.17) is 9.47 Å². The summed E-state index contributed by atoms with van der Waals surface area (Å²) in [5.74, 6) is 0.490. The van der Waals surface area contributed by atoms with Gasteiger partial charge in [-0.25, -0.2) is 0 Å². The number of carbonyl (C=O) groups is 1. The molecule has 0 amide bonds. The summed E-state index contributed by atoms with van der Waals surface area (Å²) in [5, 5.41) is 0. The van der Waals surface area contributed by atoms with Gasteiger partial charge in [-0.15, -0.1) is 0 Å². The van der Waals surface area contributed by atoms with Crippen molar-refractivity contribution >= 4 is 5.97 Å². The second-order valence-corrected chi connectivity index (χ2v) is 6.36. The molecule has 0 aromatic heterocycles. The Kier molecular flexibility index (Phi) is 5.64. The fourth-order valence-corrected chi connectivity index (χ4v) is 2.72. The summed E-state index contributed by atoms with van der Waals surface area (Å²) < 4.78 is 11.0. The van der Waals surface area contributed by atoms with Crippen molar-refractivity contribution in [2.45, 2.75) is 72.5 Å². The van der Waals surface area contributed by atoms with E-state index in [1.165, 1.54) is 19.3 Å². The largest absolute Gasteiger partial charge is 0.463 e. The monoisotopic (exact) mass is 256 g/mol. The summed E-state index contributed by atoms with van der Waals surface area (Å²) in [7, 11) is 0. The Labute approximate surface area is 111 Å². The molecule has 0 bridgehead atoms. The van der Waals surface area contributed by atoms with Crippen molar-refractivity contribution < 1.29 is 14.3 Å². The minimum atomic E-state index is -0.153. The second kappa shape index (κ2) is 6.55. The molecule has 0 heterocycles. The van der Waals surface area contributed by atoms with E-state index in [1.807, 2.05) is 6.92 Å². The lowest BCUT2D eigenvalue weighted by atomic mass is 9.89. The van der Waals surface area contributed by atoms with Gasteiger partial charge in [-0.3, -0.25) is 4.79 Å². The van der Waals surface area contributed by atoms with Gasteiger partial charge in [-0.2, -0.15) is 0 Å². The molecule has 0 radical (unpaired) electrons. The van der Waals surface area contributed by atoms with Crippen molar-refractivity contribution in [3.63, 3.8) is 0 Å². The molecule has 0 aliphatic heterocycles. The van der Waals surface area contributed by atoms with E-state index in [2.05, 4.69) is 20.8 Å². The van der Waals surface area contributed by atoms with E-state index in [9.17, 15) is 4.79 Å². The second-order valence-electron chi connectivity index (χ2n) is 6.36. The summed E-state index contributed by atoms with van der Waals surface area (Å²) in [5.41, 5.74) is 0.459. The molecule has 18 heavy (non-hydrogen) atoms.